The molecule has 0 aliphatic rings. The maximum Gasteiger partial charge on any atom is 0.288 e. The van der Waals surface area contributed by atoms with Crippen LogP contribution in [0, 0.1) is 21.4 Å². The van der Waals surface area contributed by atoms with Gasteiger partial charge >= 0.3 is 0 Å². The largest absolute Gasteiger partial charge is 0.341 e. The molecule has 0 saturated carbocycles. The zero-order valence-corrected chi connectivity index (χ0v) is 10.2. The second kappa shape index (κ2) is 5.93. The van der Waals surface area contributed by atoms with E-state index in [1.54, 1.807) is 0 Å². The Kier molecular flexibility index (Phi) is 4.57. The number of pyridine rings is 1. The number of halogens is 1. The van der Waals surface area contributed by atoms with Crippen molar-refractivity contribution in [2.45, 2.75) is 6.42 Å². The van der Waals surface area contributed by atoms with Crippen LogP contribution >= 0.6 is 11.6 Å². The normalized spacial score (nSPS) is 9.61. The van der Waals surface area contributed by atoms with Crippen molar-refractivity contribution in [1.82, 2.24) is 9.88 Å². The van der Waals surface area contributed by atoms with Gasteiger partial charge in [-0.25, -0.2) is 4.98 Å². The van der Waals surface area contributed by atoms with Crippen LogP contribution in [0.4, 0.5) is 5.69 Å². The number of rotatable bonds is 4. The van der Waals surface area contributed by atoms with Crippen LogP contribution in [0.3, 0.4) is 0 Å². The highest BCUT2D eigenvalue weighted by Crippen LogP contribution is 2.20. The monoisotopic (exact) mass is 268 g/mol. The molecule has 94 valence electrons. The van der Waals surface area contributed by atoms with Crippen molar-refractivity contribution in [3.05, 3.63) is 33.1 Å². The maximum absolute atomic E-state index is 11.9. The highest BCUT2D eigenvalue weighted by Gasteiger charge is 2.19. The predicted molar refractivity (Wildman–Crippen MR) is 63.1 cm³/mol. The van der Waals surface area contributed by atoms with Crippen molar-refractivity contribution >= 4 is 23.2 Å². The molecule has 0 N–H and O–H groups in total. The Morgan fingerprint density at radius 1 is 1.72 bits per heavy atom. The van der Waals surface area contributed by atoms with Crippen LogP contribution in [0.5, 0.6) is 0 Å². The zero-order valence-electron chi connectivity index (χ0n) is 9.46. The lowest BCUT2D eigenvalue weighted by atomic mass is 10.2. The van der Waals surface area contributed by atoms with Gasteiger partial charge in [0.25, 0.3) is 11.6 Å². The van der Waals surface area contributed by atoms with Crippen molar-refractivity contribution in [1.29, 1.82) is 5.26 Å². The number of nitriles is 1. The number of hydrogen-bond donors (Lipinski definition) is 0. The quantitative estimate of drug-likeness (QED) is 0.469. The second-order valence-electron chi connectivity index (χ2n) is 3.42. The van der Waals surface area contributed by atoms with Crippen LogP contribution < -0.4 is 0 Å². The van der Waals surface area contributed by atoms with Gasteiger partial charge < -0.3 is 4.90 Å². The fraction of sp³-hybridized carbons (Fsp3) is 0.300. The molecule has 1 heterocycles. The van der Waals surface area contributed by atoms with Crippen molar-refractivity contribution in [2.24, 2.45) is 0 Å². The van der Waals surface area contributed by atoms with Gasteiger partial charge in [-0.15, -0.1) is 0 Å². The summed E-state index contributed by atoms with van der Waals surface area (Å²) in [4.78, 5) is 26.7. The van der Waals surface area contributed by atoms with Crippen molar-refractivity contribution in [2.75, 3.05) is 13.6 Å². The minimum Gasteiger partial charge on any atom is -0.341 e. The number of nitrogens with zero attached hydrogens (tertiary/aromatic N) is 4. The Morgan fingerprint density at radius 2 is 2.39 bits per heavy atom. The zero-order chi connectivity index (χ0) is 13.7. The fourth-order valence-corrected chi connectivity index (χ4v) is 1.40. The molecular weight excluding hydrogens is 260 g/mol. The van der Waals surface area contributed by atoms with Gasteiger partial charge in [-0.05, 0) is 0 Å². The minimum atomic E-state index is -0.657. The van der Waals surface area contributed by atoms with E-state index >= 15 is 0 Å². The molecular formula is C10H9ClN4O3. The minimum absolute atomic E-state index is 0.0497. The van der Waals surface area contributed by atoms with Crippen LogP contribution in [0.25, 0.3) is 0 Å². The molecule has 0 unspecified atom stereocenters. The predicted octanol–water partition coefficient (Wildman–Crippen LogP) is 1.63. The van der Waals surface area contributed by atoms with Crippen molar-refractivity contribution < 1.29 is 9.72 Å². The lowest BCUT2D eigenvalue weighted by Gasteiger charge is -2.15. The first-order chi connectivity index (χ1) is 8.47. The van der Waals surface area contributed by atoms with Crippen LogP contribution in [-0.4, -0.2) is 34.3 Å². The number of amides is 1. The SMILES string of the molecule is CN(CCC#N)C(=O)c1cc([N+](=O)[O-])cnc1Cl. The number of nitro groups is 1. The molecule has 0 aromatic carbocycles. The van der Waals surface area contributed by atoms with E-state index in [9.17, 15) is 14.9 Å². The molecule has 0 atom stereocenters. The van der Waals surface area contributed by atoms with Crippen LogP contribution in [0.2, 0.25) is 5.15 Å². The van der Waals surface area contributed by atoms with E-state index in [0.29, 0.717) is 0 Å². The molecule has 18 heavy (non-hydrogen) atoms. The molecule has 0 spiro atoms. The second-order valence-corrected chi connectivity index (χ2v) is 3.78. The van der Waals surface area contributed by atoms with E-state index in [-0.39, 0.29) is 29.4 Å². The Hall–Kier alpha value is -2.20. The highest BCUT2D eigenvalue weighted by atomic mass is 35.5. The summed E-state index contributed by atoms with van der Waals surface area (Å²) < 4.78 is 0. The van der Waals surface area contributed by atoms with E-state index in [1.807, 2.05) is 6.07 Å². The summed E-state index contributed by atoms with van der Waals surface area (Å²) in [5.74, 6) is -0.508. The molecule has 0 saturated heterocycles. The van der Waals surface area contributed by atoms with Crippen LogP contribution in [-0.2, 0) is 0 Å². The molecule has 7 nitrogen and oxygen atoms in total. The third-order valence-corrected chi connectivity index (χ3v) is 2.47. The van der Waals surface area contributed by atoms with Gasteiger partial charge in [0.15, 0.2) is 0 Å². The summed E-state index contributed by atoms with van der Waals surface area (Å²) in [5, 5.41) is 18.9. The third kappa shape index (κ3) is 3.15. The summed E-state index contributed by atoms with van der Waals surface area (Å²) >= 11 is 5.73. The number of carbonyl (C=O) groups is 1. The van der Waals surface area contributed by atoms with Crippen LogP contribution in [0.1, 0.15) is 16.8 Å². The average molecular weight is 269 g/mol. The summed E-state index contributed by atoms with van der Waals surface area (Å²) in [5.41, 5.74) is -0.359. The molecule has 0 aliphatic heterocycles. The topological polar surface area (TPSA) is 100 Å². The van der Waals surface area contributed by atoms with Gasteiger partial charge in [0.05, 0.1) is 23.0 Å². The first-order valence-corrected chi connectivity index (χ1v) is 5.27. The Morgan fingerprint density at radius 3 is 2.94 bits per heavy atom. The van der Waals surface area contributed by atoms with E-state index in [0.717, 1.165) is 12.3 Å². The Labute approximate surface area is 108 Å². The lowest BCUT2D eigenvalue weighted by molar-refractivity contribution is -0.385. The molecule has 0 radical (unpaired) electrons. The summed E-state index contributed by atoms with van der Waals surface area (Å²) in [6.07, 6.45) is 1.15. The fourth-order valence-electron chi connectivity index (χ4n) is 1.21. The van der Waals surface area contributed by atoms with E-state index in [1.165, 1.54) is 11.9 Å². The van der Waals surface area contributed by atoms with Crippen molar-refractivity contribution in [3.63, 3.8) is 0 Å². The molecule has 0 aliphatic carbocycles. The molecule has 1 rings (SSSR count). The first kappa shape index (κ1) is 13.9. The summed E-state index contributed by atoms with van der Waals surface area (Å²) in [6, 6.07) is 2.97. The number of hydrogen-bond acceptors (Lipinski definition) is 5. The molecule has 1 aromatic heterocycles. The average Bonchev–Trinajstić information content (AvgIpc) is 2.35. The molecule has 1 aromatic rings. The maximum atomic E-state index is 11.9. The molecule has 0 bridgehead atoms. The van der Waals surface area contributed by atoms with Gasteiger partial charge in [0.1, 0.15) is 11.3 Å². The Balaban J connectivity index is 3.01. The van der Waals surface area contributed by atoms with Gasteiger partial charge in [-0.2, -0.15) is 5.26 Å². The van der Waals surface area contributed by atoms with Gasteiger partial charge in [0, 0.05) is 19.7 Å². The number of aromatic nitrogens is 1. The summed E-state index contributed by atoms with van der Waals surface area (Å²) in [7, 11) is 1.48. The van der Waals surface area contributed by atoms with E-state index < -0.39 is 10.8 Å². The van der Waals surface area contributed by atoms with Crippen LogP contribution in [0.15, 0.2) is 12.3 Å². The third-order valence-electron chi connectivity index (χ3n) is 2.17. The van der Waals surface area contributed by atoms with Gasteiger partial charge in [-0.1, -0.05) is 11.6 Å². The smallest absolute Gasteiger partial charge is 0.288 e. The standard InChI is InChI=1S/C10H9ClN4O3/c1-14(4-2-3-12)10(16)8-5-7(15(17)18)6-13-9(8)11/h5-6H,2,4H2,1H3. The molecule has 8 heteroatoms. The van der Waals surface area contributed by atoms with Crippen molar-refractivity contribution in [3.8, 4) is 6.07 Å². The molecule has 1 amide bonds. The van der Waals surface area contributed by atoms with E-state index in [4.69, 9.17) is 16.9 Å². The molecule has 0 fully saturated rings. The summed E-state index contributed by atoms with van der Waals surface area (Å²) in [6.45, 7) is 0.217. The highest BCUT2D eigenvalue weighted by molar-refractivity contribution is 6.32. The van der Waals surface area contributed by atoms with E-state index in [2.05, 4.69) is 4.98 Å². The van der Waals surface area contributed by atoms with Gasteiger partial charge in [0.2, 0.25) is 0 Å². The van der Waals surface area contributed by atoms with Gasteiger partial charge in [-0.3, -0.25) is 14.9 Å². The number of carbonyl (C=O) groups excluding carboxylic acids is 1. The lowest BCUT2D eigenvalue weighted by Crippen LogP contribution is -2.28. The Bertz CT molecular complexity index is 526. The first-order valence-electron chi connectivity index (χ1n) is 4.89.